The average molecular weight is 421 g/mol. The molecule has 1 saturated carbocycles. The summed E-state index contributed by atoms with van der Waals surface area (Å²) >= 11 is 0. The van der Waals surface area contributed by atoms with Crippen molar-refractivity contribution in [1.29, 1.82) is 0 Å². The van der Waals surface area contributed by atoms with Gasteiger partial charge in [0.05, 0.1) is 18.3 Å². The molecule has 1 aliphatic rings. The molecule has 1 fully saturated rings. The lowest BCUT2D eigenvalue weighted by Crippen LogP contribution is -2.43. The van der Waals surface area contributed by atoms with Gasteiger partial charge in [-0.1, -0.05) is 30.3 Å². The van der Waals surface area contributed by atoms with Gasteiger partial charge in [-0.2, -0.15) is 8.78 Å². The van der Waals surface area contributed by atoms with Crippen LogP contribution in [0.4, 0.5) is 13.2 Å². The zero-order valence-electron chi connectivity index (χ0n) is 16.0. The van der Waals surface area contributed by atoms with E-state index in [0.29, 0.717) is 6.54 Å². The summed E-state index contributed by atoms with van der Waals surface area (Å²) in [5, 5.41) is 14.8. The van der Waals surface area contributed by atoms with Gasteiger partial charge in [-0.3, -0.25) is 14.6 Å². The molecule has 0 saturated heterocycles. The lowest BCUT2D eigenvalue weighted by atomic mass is 9.99. The van der Waals surface area contributed by atoms with Crippen molar-refractivity contribution in [1.82, 2.24) is 15.6 Å². The molecule has 0 spiro atoms. The molecule has 30 heavy (non-hydrogen) atoms. The van der Waals surface area contributed by atoms with Crippen LogP contribution in [-0.2, 0) is 16.1 Å². The molecule has 2 aromatic rings. The molecule has 1 aliphatic carbocycles. The van der Waals surface area contributed by atoms with Crippen molar-refractivity contribution < 1.29 is 27.9 Å². The van der Waals surface area contributed by atoms with Crippen LogP contribution in [0.5, 0.6) is 0 Å². The van der Waals surface area contributed by atoms with Crippen LogP contribution in [0.25, 0.3) is 11.1 Å². The molecule has 3 rings (SSSR count). The highest BCUT2D eigenvalue weighted by Crippen LogP contribution is 2.29. The molecular formula is C21H22F3N3O3. The summed E-state index contributed by atoms with van der Waals surface area (Å²) in [7, 11) is 0. The van der Waals surface area contributed by atoms with Gasteiger partial charge in [-0.25, -0.2) is 4.39 Å². The standard InChI is InChI=1S/C21H22F3N3O3/c22-9-17(27-21(30)19(23)24)18(28)13-3-1-12(2-4-13)15-7-8-16(25-10-15)11-26-20(29)14-5-6-14/h1-4,7-8,10,14,17-19,28H,5-6,9,11H2,(H,26,29)(H,27,30)/t17-,18-/m1/s1. The van der Waals surface area contributed by atoms with E-state index in [2.05, 4.69) is 10.3 Å². The average Bonchev–Trinajstić information content (AvgIpc) is 3.61. The number of hydrogen-bond acceptors (Lipinski definition) is 4. The number of carbonyl (C=O) groups is 2. The topological polar surface area (TPSA) is 91.3 Å². The lowest BCUT2D eigenvalue weighted by Gasteiger charge is -2.22. The normalized spacial score (nSPS) is 15.5. The van der Waals surface area contributed by atoms with E-state index in [9.17, 15) is 27.9 Å². The predicted octanol–water partition coefficient (Wildman–Crippen LogP) is 2.53. The van der Waals surface area contributed by atoms with Crippen LogP contribution in [0, 0.1) is 5.92 Å². The van der Waals surface area contributed by atoms with Crippen molar-refractivity contribution in [3.05, 3.63) is 53.9 Å². The van der Waals surface area contributed by atoms with Gasteiger partial charge in [0, 0.05) is 17.7 Å². The zero-order chi connectivity index (χ0) is 21.7. The van der Waals surface area contributed by atoms with Gasteiger partial charge in [-0.05, 0) is 30.0 Å². The number of rotatable bonds is 9. The Hall–Kier alpha value is -2.94. The van der Waals surface area contributed by atoms with Gasteiger partial charge in [0.15, 0.2) is 0 Å². The van der Waals surface area contributed by atoms with E-state index in [-0.39, 0.29) is 17.4 Å². The molecule has 0 unspecified atom stereocenters. The highest BCUT2D eigenvalue weighted by atomic mass is 19.3. The van der Waals surface area contributed by atoms with Crippen LogP contribution in [-0.4, -0.2) is 41.0 Å². The number of pyridine rings is 1. The number of nitrogens with zero attached hydrogens (tertiary/aromatic N) is 1. The molecule has 2 atom stereocenters. The quantitative estimate of drug-likeness (QED) is 0.580. The molecule has 160 valence electrons. The zero-order valence-corrected chi connectivity index (χ0v) is 16.0. The Morgan fingerprint density at radius 3 is 2.30 bits per heavy atom. The molecule has 6 nitrogen and oxygen atoms in total. The van der Waals surface area contributed by atoms with Crippen molar-refractivity contribution in [2.45, 2.75) is 38.0 Å². The van der Waals surface area contributed by atoms with Crippen LogP contribution >= 0.6 is 0 Å². The largest absolute Gasteiger partial charge is 0.386 e. The molecule has 0 radical (unpaired) electrons. The van der Waals surface area contributed by atoms with E-state index in [1.54, 1.807) is 29.7 Å². The second-order valence-electron chi connectivity index (χ2n) is 7.17. The maximum atomic E-state index is 13.1. The monoisotopic (exact) mass is 421 g/mol. The number of hydrogen-bond donors (Lipinski definition) is 3. The van der Waals surface area contributed by atoms with Crippen LogP contribution in [0.1, 0.15) is 30.2 Å². The van der Waals surface area contributed by atoms with Gasteiger partial charge in [0.25, 0.3) is 5.91 Å². The third-order valence-electron chi connectivity index (χ3n) is 4.88. The number of aromatic nitrogens is 1. The first kappa shape index (κ1) is 21.8. The summed E-state index contributed by atoms with van der Waals surface area (Å²) in [6, 6.07) is 8.57. The van der Waals surface area contributed by atoms with Crippen molar-refractivity contribution in [3.8, 4) is 11.1 Å². The van der Waals surface area contributed by atoms with Gasteiger partial charge in [-0.15, -0.1) is 0 Å². The minimum Gasteiger partial charge on any atom is -0.386 e. The molecule has 0 aliphatic heterocycles. The minimum atomic E-state index is -3.29. The number of amides is 2. The van der Waals surface area contributed by atoms with E-state index < -0.39 is 31.2 Å². The number of alkyl halides is 3. The van der Waals surface area contributed by atoms with Crippen molar-refractivity contribution >= 4 is 11.8 Å². The second-order valence-corrected chi connectivity index (χ2v) is 7.17. The van der Waals surface area contributed by atoms with Crippen LogP contribution < -0.4 is 10.6 Å². The minimum absolute atomic E-state index is 0.0475. The van der Waals surface area contributed by atoms with Crippen molar-refractivity contribution in [2.75, 3.05) is 6.67 Å². The summed E-state index contributed by atoms with van der Waals surface area (Å²) in [6.45, 7) is -0.834. The Kier molecular flexibility index (Phi) is 7.04. The number of halogens is 3. The Labute approximate surface area is 171 Å². The Morgan fingerprint density at radius 1 is 1.10 bits per heavy atom. The van der Waals surface area contributed by atoms with Gasteiger partial charge < -0.3 is 15.7 Å². The third-order valence-corrected chi connectivity index (χ3v) is 4.88. The third kappa shape index (κ3) is 5.56. The predicted molar refractivity (Wildman–Crippen MR) is 103 cm³/mol. The van der Waals surface area contributed by atoms with Crippen LogP contribution in [0.15, 0.2) is 42.6 Å². The van der Waals surface area contributed by atoms with Gasteiger partial charge in [0.1, 0.15) is 12.8 Å². The number of carbonyl (C=O) groups excluding carboxylic acids is 2. The van der Waals surface area contributed by atoms with E-state index in [4.69, 9.17) is 0 Å². The van der Waals surface area contributed by atoms with Gasteiger partial charge in [0.2, 0.25) is 5.91 Å². The maximum Gasteiger partial charge on any atom is 0.315 e. The molecule has 2 amide bonds. The Bertz CT molecular complexity index is 871. The fourth-order valence-electron chi connectivity index (χ4n) is 2.92. The summed E-state index contributed by atoms with van der Waals surface area (Å²) in [6.07, 6.45) is -1.23. The fourth-order valence-corrected chi connectivity index (χ4v) is 2.92. The van der Waals surface area contributed by atoms with E-state index in [1.165, 1.54) is 12.1 Å². The number of nitrogens with one attached hydrogen (secondary N) is 2. The highest BCUT2D eigenvalue weighted by Gasteiger charge is 2.29. The van der Waals surface area contributed by atoms with E-state index >= 15 is 0 Å². The molecule has 9 heteroatoms. The SMILES string of the molecule is O=C(N[C@H](CF)[C@H](O)c1ccc(-c2ccc(CNC(=O)C3CC3)nc2)cc1)C(F)F. The lowest BCUT2D eigenvalue weighted by molar-refractivity contribution is -0.133. The van der Waals surface area contributed by atoms with Crippen molar-refractivity contribution in [2.24, 2.45) is 5.92 Å². The van der Waals surface area contributed by atoms with Crippen molar-refractivity contribution in [3.63, 3.8) is 0 Å². The molecular weight excluding hydrogens is 399 g/mol. The summed E-state index contributed by atoms with van der Waals surface area (Å²) in [5.41, 5.74) is 2.57. The number of benzene rings is 1. The smallest absolute Gasteiger partial charge is 0.315 e. The number of aliphatic hydroxyl groups excluding tert-OH is 1. The van der Waals surface area contributed by atoms with E-state index in [1.807, 2.05) is 6.07 Å². The Balaban J connectivity index is 1.61. The fraction of sp³-hybridized carbons (Fsp3) is 0.381. The molecule has 0 bridgehead atoms. The first-order valence-corrected chi connectivity index (χ1v) is 9.54. The summed E-state index contributed by atoms with van der Waals surface area (Å²) in [5.74, 6) is -1.45. The number of aliphatic hydroxyl groups is 1. The first-order chi connectivity index (χ1) is 14.4. The maximum absolute atomic E-state index is 13.1. The molecule has 3 N–H and O–H groups in total. The van der Waals surface area contributed by atoms with Crippen LogP contribution in [0.3, 0.4) is 0 Å². The van der Waals surface area contributed by atoms with Crippen LogP contribution in [0.2, 0.25) is 0 Å². The highest BCUT2D eigenvalue weighted by molar-refractivity contribution is 5.80. The first-order valence-electron chi connectivity index (χ1n) is 9.54. The van der Waals surface area contributed by atoms with E-state index in [0.717, 1.165) is 29.7 Å². The van der Waals surface area contributed by atoms with Gasteiger partial charge >= 0.3 is 6.43 Å². The Morgan fingerprint density at radius 2 is 1.77 bits per heavy atom. The molecule has 1 aromatic carbocycles. The molecule has 1 aromatic heterocycles. The summed E-state index contributed by atoms with van der Waals surface area (Å²) < 4.78 is 37.8. The molecule has 1 heterocycles. The summed E-state index contributed by atoms with van der Waals surface area (Å²) in [4.78, 5) is 27.1. The second kappa shape index (κ2) is 9.71.